The van der Waals surface area contributed by atoms with Crippen LogP contribution in [0.4, 0.5) is 5.69 Å². The third kappa shape index (κ3) is 3.13. The highest BCUT2D eigenvalue weighted by Crippen LogP contribution is 2.14. The molecule has 0 bridgehead atoms. The van der Waals surface area contributed by atoms with E-state index in [4.69, 9.17) is 0 Å². The number of aryl methyl sites for hydroxylation is 2. The van der Waals surface area contributed by atoms with Gasteiger partial charge in [0.25, 0.3) is 0 Å². The zero-order chi connectivity index (χ0) is 13.1. The van der Waals surface area contributed by atoms with Gasteiger partial charge in [-0.2, -0.15) is 5.10 Å². The molecule has 3 nitrogen and oxygen atoms in total. The summed E-state index contributed by atoms with van der Waals surface area (Å²) in [4.78, 5) is 0. The molecule has 0 saturated carbocycles. The van der Waals surface area contributed by atoms with Gasteiger partial charge in [-0.3, -0.25) is 4.68 Å². The predicted octanol–water partition coefficient (Wildman–Crippen LogP) is 3.69. The number of nitrogens with zero attached hydrogens (tertiary/aromatic N) is 2. The molecule has 0 aliphatic carbocycles. The molecule has 96 valence electrons. The van der Waals surface area contributed by atoms with Crippen LogP contribution in [0.5, 0.6) is 0 Å². The Labute approximate surface area is 109 Å². The lowest BCUT2D eigenvalue weighted by atomic mass is 10.1. The first kappa shape index (κ1) is 12.7. The number of hydrogen-bond donors (Lipinski definition) is 1. The second-order valence-corrected chi connectivity index (χ2v) is 5.11. The monoisotopic (exact) mass is 243 g/mol. The van der Waals surface area contributed by atoms with Crippen LogP contribution in [0.15, 0.2) is 30.5 Å². The van der Waals surface area contributed by atoms with Crippen molar-refractivity contribution in [2.45, 2.75) is 40.3 Å². The average Bonchev–Trinajstić information content (AvgIpc) is 2.73. The van der Waals surface area contributed by atoms with E-state index in [2.05, 4.69) is 62.4 Å². The lowest BCUT2D eigenvalue weighted by molar-refractivity contribution is 0.527. The van der Waals surface area contributed by atoms with Crippen molar-refractivity contribution < 1.29 is 0 Å². The molecule has 0 radical (unpaired) electrons. The molecule has 0 aliphatic rings. The van der Waals surface area contributed by atoms with E-state index < -0.39 is 0 Å². The highest BCUT2D eigenvalue weighted by atomic mass is 15.3. The first-order valence-corrected chi connectivity index (χ1v) is 6.41. The van der Waals surface area contributed by atoms with Crippen LogP contribution in [0.3, 0.4) is 0 Å². The minimum Gasteiger partial charge on any atom is -0.379 e. The van der Waals surface area contributed by atoms with Crippen molar-refractivity contribution in [1.82, 2.24) is 9.78 Å². The molecule has 3 heteroatoms. The van der Waals surface area contributed by atoms with Gasteiger partial charge in [-0.15, -0.1) is 0 Å². The molecule has 2 rings (SSSR count). The second-order valence-electron chi connectivity index (χ2n) is 5.11. The van der Waals surface area contributed by atoms with Gasteiger partial charge in [0.05, 0.1) is 12.2 Å². The summed E-state index contributed by atoms with van der Waals surface area (Å²) in [6, 6.07) is 8.98. The van der Waals surface area contributed by atoms with E-state index in [0.717, 1.165) is 17.9 Å². The van der Waals surface area contributed by atoms with Gasteiger partial charge in [0.1, 0.15) is 0 Å². The summed E-state index contributed by atoms with van der Waals surface area (Å²) >= 11 is 0. The van der Waals surface area contributed by atoms with Gasteiger partial charge in [-0.25, -0.2) is 0 Å². The molecule has 1 N–H and O–H groups in total. The van der Waals surface area contributed by atoms with E-state index in [-0.39, 0.29) is 0 Å². The number of rotatable bonds is 4. The molecule has 0 fully saturated rings. The van der Waals surface area contributed by atoms with Crippen LogP contribution < -0.4 is 5.32 Å². The Morgan fingerprint density at radius 3 is 2.39 bits per heavy atom. The molecule has 0 spiro atoms. The van der Waals surface area contributed by atoms with Crippen LogP contribution >= 0.6 is 0 Å². The Hall–Kier alpha value is -1.77. The molecule has 18 heavy (non-hydrogen) atoms. The zero-order valence-corrected chi connectivity index (χ0v) is 11.6. The number of benzene rings is 1. The molecule has 1 aromatic carbocycles. The van der Waals surface area contributed by atoms with Gasteiger partial charge in [-0.1, -0.05) is 6.07 Å². The van der Waals surface area contributed by atoms with Gasteiger partial charge < -0.3 is 5.32 Å². The molecule has 0 aliphatic heterocycles. The average molecular weight is 243 g/mol. The van der Waals surface area contributed by atoms with Gasteiger partial charge in [-0.05, 0) is 57.0 Å². The first-order valence-electron chi connectivity index (χ1n) is 6.41. The van der Waals surface area contributed by atoms with Crippen LogP contribution in [-0.2, 0) is 6.54 Å². The quantitative estimate of drug-likeness (QED) is 0.887. The van der Waals surface area contributed by atoms with Crippen LogP contribution in [0, 0.1) is 13.8 Å². The number of anilines is 1. The van der Waals surface area contributed by atoms with E-state index in [1.165, 1.54) is 11.1 Å². The van der Waals surface area contributed by atoms with Crippen molar-refractivity contribution in [3.63, 3.8) is 0 Å². The number of aromatic nitrogens is 2. The molecule has 0 amide bonds. The number of hydrogen-bond acceptors (Lipinski definition) is 2. The Morgan fingerprint density at radius 2 is 1.83 bits per heavy atom. The third-order valence-corrected chi connectivity index (χ3v) is 2.89. The highest BCUT2D eigenvalue weighted by molar-refractivity contribution is 5.48. The van der Waals surface area contributed by atoms with Crippen LogP contribution in [0.25, 0.3) is 0 Å². The lowest BCUT2D eigenvalue weighted by Gasteiger charge is -2.07. The number of nitrogens with one attached hydrogen (secondary N) is 1. The van der Waals surface area contributed by atoms with E-state index in [1.807, 2.05) is 10.9 Å². The summed E-state index contributed by atoms with van der Waals surface area (Å²) in [5.41, 5.74) is 4.80. The molecule has 1 aromatic heterocycles. The summed E-state index contributed by atoms with van der Waals surface area (Å²) in [5, 5.41) is 7.94. The SMILES string of the molecule is Cc1cc(C)cc(NCc2ccn(C(C)C)n2)c1. The van der Waals surface area contributed by atoms with Crippen molar-refractivity contribution in [3.05, 3.63) is 47.3 Å². The largest absolute Gasteiger partial charge is 0.379 e. The molecule has 0 saturated heterocycles. The summed E-state index contributed by atoms with van der Waals surface area (Å²) in [5.74, 6) is 0. The summed E-state index contributed by atoms with van der Waals surface area (Å²) in [6.45, 7) is 9.27. The standard InChI is InChI=1S/C15H21N3/c1-11(2)18-6-5-14(17-18)10-16-15-8-12(3)7-13(4)9-15/h5-9,11,16H,10H2,1-4H3. The van der Waals surface area contributed by atoms with Crippen molar-refractivity contribution in [2.24, 2.45) is 0 Å². The van der Waals surface area contributed by atoms with Crippen molar-refractivity contribution in [3.8, 4) is 0 Å². The Morgan fingerprint density at radius 1 is 1.17 bits per heavy atom. The van der Waals surface area contributed by atoms with Gasteiger partial charge in [0.2, 0.25) is 0 Å². The van der Waals surface area contributed by atoms with Crippen LogP contribution in [-0.4, -0.2) is 9.78 Å². The fraction of sp³-hybridized carbons (Fsp3) is 0.400. The minimum absolute atomic E-state index is 0.417. The zero-order valence-electron chi connectivity index (χ0n) is 11.6. The van der Waals surface area contributed by atoms with Gasteiger partial charge >= 0.3 is 0 Å². The molecular weight excluding hydrogens is 222 g/mol. The van der Waals surface area contributed by atoms with Crippen LogP contribution in [0.1, 0.15) is 36.7 Å². The van der Waals surface area contributed by atoms with Gasteiger partial charge in [0.15, 0.2) is 0 Å². The Balaban J connectivity index is 2.02. The van der Waals surface area contributed by atoms with E-state index in [9.17, 15) is 0 Å². The minimum atomic E-state index is 0.417. The molecule has 1 heterocycles. The third-order valence-electron chi connectivity index (χ3n) is 2.89. The fourth-order valence-corrected chi connectivity index (χ4v) is 2.03. The molecular formula is C15H21N3. The van der Waals surface area contributed by atoms with Crippen molar-refractivity contribution >= 4 is 5.69 Å². The maximum absolute atomic E-state index is 4.52. The van der Waals surface area contributed by atoms with Crippen LogP contribution in [0.2, 0.25) is 0 Å². The topological polar surface area (TPSA) is 29.9 Å². The second kappa shape index (κ2) is 5.25. The van der Waals surface area contributed by atoms with Gasteiger partial charge in [0, 0.05) is 17.9 Å². The summed E-state index contributed by atoms with van der Waals surface area (Å²) in [6.07, 6.45) is 2.03. The smallest absolute Gasteiger partial charge is 0.0815 e. The first-order chi connectivity index (χ1) is 8.54. The Bertz CT molecular complexity index is 506. The lowest BCUT2D eigenvalue weighted by Crippen LogP contribution is -2.04. The summed E-state index contributed by atoms with van der Waals surface area (Å²) in [7, 11) is 0. The predicted molar refractivity (Wildman–Crippen MR) is 75.9 cm³/mol. The van der Waals surface area contributed by atoms with Crippen molar-refractivity contribution in [2.75, 3.05) is 5.32 Å². The normalized spacial score (nSPS) is 10.9. The maximum Gasteiger partial charge on any atom is 0.0815 e. The van der Waals surface area contributed by atoms with E-state index in [0.29, 0.717) is 6.04 Å². The fourth-order valence-electron chi connectivity index (χ4n) is 2.03. The Kier molecular flexibility index (Phi) is 3.70. The summed E-state index contributed by atoms with van der Waals surface area (Å²) < 4.78 is 1.98. The molecule has 0 unspecified atom stereocenters. The molecule has 0 atom stereocenters. The van der Waals surface area contributed by atoms with E-state index >= 15 is 0 Å². The van der Waals surface area contributed by atoms with Crippen molar-refractivity contribution in [1.29, 1.82) is 0 Å². The highest BCUT2D eigenvalue weighted by Gasteiger charge is 2.02. The maximum atomic E-state index is 4.52. The van der Waals surface area contributed by atoms with E-state index in [1.54, 1.807) is 0 Å². The molecule has 2 aromatic rings.